The molecule has 168 valence electrons. The number of nitrogens with one attached hydrogen (secondary N) is 1. The van der Waals surface area contributed by atoms with Crippen LogP contribution >= 0.6 is 15.9 Å². The van der Waals surface area contributed by atoms with Gasteiger partial charge in [0.1, 0.15) is 10.3 Å². The molecule has 2 N–H and O–H groups in total. The Bertz CT molecular complexity index is 1320. The third-order valence-electron chi connectivity index (χ3n) is 6.13. The lowest BCUT2D eigenvalue weighted by molar-refractivity contribution is 0.144. The van der Waals surface area contributed by atoms with Gasteiger partial charge in [0.15, 0.2) is 11.4 Å². The van der Waals surface area contributed by atoms with Gasteiger partial charge < -0.3 is 15.2 Å². The van der Waals surface area contributed by atoms with Crippen LogP contribution in [0.25, 0.3) is 28.2 Å². The molecular formula is C25H23BrN4O3. The lowest BCUT2D eigenvalue weighted by atomic mass is 9.72. The summed E-state index contributed by atoms with van der Waals surface area (Å²) in [5.74, 6) is 0.651. The molecule has 33 heavy (non-hydrogen) atoms. The van der Waals surface area contributed by atoms with Crippen LogP contribution in [0.4, 0.5) is 4.79 Å². The molecule has 1 amide bonds. The standard InChI is InChI=1S/C25H23BrN4O3/c1-2-33-19-15-20(26)29-30-22(17-7-4-3-5-8-17)21(27-23(19)30)16-9-11-18(12-10-16)25(13-6-14-25)28-24(31)32/h3-5,7-12,15,28H,2,6,13-14H2,1H3,(H,31,32). The van der Waals surface area contributed by atoms with E-state index in [9.17, 15) is 9.90 Å². The number of amides is 1. The minimum Gasteiger partial charge on any atom is -0.490 e. The van der Waals surface area contributed by atoms with Crippen molar-refractivity contribution in [1.29, 1.82) is 0 Å². The molecule has 1 aliphatic rings. The molecule has 2 aromatic carbocycles. The first-order valence-electron chi connectivity index (χ1n) is 10.9. The monoisotopic (exact) mass is 506 g/mol. The van der Waals surface area contributed by atoms with Crippen molar-refractivity contribution in [2.45, 2.75) is 31.7 Å². The van der Waals surface area contributed by atoms with Crippen molar-refractivity contribution in [2.24, 2.45) is 0 Å². The molecule has 0 radical (unpaired) electrons. The molecule has 2 aromatic heterocycles. The molecule has 0 unspecified atom stereocenters. The Labute approximate surface area is 199 Å². The minimum atomic E-state index is -0.995. The van der Waals surface area contributed by atoms with Crippen molar-refractivity contribution in [3.8, 4) is 28.3 Å². The van der Waals surface area contributed by atoms with Gasteiger partial charge in [0.05, 0.1) is 17.8 Å². The van der Waals surface area contributed by atoms with Crippen LogP contribution in [0, 0.1) is 0 Å². The summed E-state index contributed by atoms with van der Waals surface area (Å²) >= 11 is 3.50. The Morgan fingerprint density at radius 2 is 1.88 bits per heavy atom. The van der Waals surface area contributed by atoms with E-state index in [4.69, 9.17) is 9.72 Å². The van der Waals surface area contributed by atoms with Crippen molar-refractivity contribution in [1.82, 2.24) is 19.9 Å². The summed E-state index contributed by atoms with van der Waals surface area (Å²) in [6.45, 7) is 2.45. The predicted octanol–water partition coefficient (Wildman–Crippen LogP) is 5.87. The van der Waals surface area contributed by atoms with Gasteiger partial charge in [-0.3, -0.25) is 0 Å². The maximum Gasteiger partial charge on any atom is 0.405 e. The Balaban J connectivity index is 1.66. The number of carbonyl (C=O) groups is 1. The van der Waals surface area contributed by atoms with Crippen molar-refractivity contribution in [3.63, 3.8) is 0 Å². The first-order chi connectivity index (χ1) is 16.0. The van der Waals surface area contributed by atoms with Gasteiger partial charge in [-0.15, -0.1) is 0 Å². The highest BCUT2D eigenvalue weighted by Crippen LogP contribution is 2.42. The zero-order valence-electron chi connectivity index (χ0n) is 18.1. The number of hydrogen-bond donors (Lipinski definition) is 2. The lowest BCUT2D eigenvalue weighted by Crippen LogP contribution is -2.50. The molecule has 5 rings (SSSR count). The Morgan fingerprint density at radius 1 is 1.15 bits per heavy atom. The fourth-order valence-electron chi connectivity index (χ4n) is 4.45. The first kappa shape index (κ1) is 21.5. The maximum absolute atomic E-state index is 11.3. The molecular weight excluding hydrogens is 484 g/mol. The van der Waals surface area contributed by atoms with Crippen LogP contribution in [0.3, 0.4) is 0 Å². The van der Waals surface area contributed by atoms with Crippen LogP contribution in [0.15, 0.2) is 65.3 Å². The van der Waals surface area contributed by atoms with Gasteiger partial charge in [-0.25, -0.2) is 14.3 Å². The molecule has 1 fully saturated rings. The summed E-state index contributed by atoms with van der Waals surface area (Å²) in [7, 11) is 0. The topological polar surface area (TPSA) is 88.8 Å². The summed E-state index contributed by atoms with van der Waals surface area (Å²) in [5, 5.41) is 16.7. The first-order valence-corrected chi connectivity index (χ1v) is 11.7. The number of aromatic nitrogens is 3. The number of carboxylic acid groups (broad SMARTS) is 1. The van der Waals surface area contributed by atoms with Gasteiger partial charge >= 0.3 is 6.09 Å². The van der Waals surface area contributed by atoms with E-state index in [2.05, 4.69) is 26.3 Å². The van der Waals surface area contributed by atoms with Crippen LogP contribution in [-0.2, 0) is 5.54 Å². The zero-order valence-corrected chi connectivity index (χ0v) is 19.7. The number of halogens is 1. The van der Waals surface area contributed by atoms with Crippen LogP contribution in [0.2, 0.25) is 0 Å². The second-order valence-electron chi connectivity index (χ2n) is 8.12. The fourth-order valence-corrected chi connectivity index (χ4v) is 4.82. The van der Waals surface area contributed by atoms with E-state index in [0.29, 0.717) is 22.6 Å². The summed E-state index contributed by atoms with van der Waals surface area (Å²) in [6.07, 6.45) is 1.62. The second kappa shape index (κ2) is 8.51. The van der Waals surface area contributed by atoms with Crippen molar-refractivity contribution in [2.75, 3.05) is 6.61 Å². The van der Waals surface area contributed by atoms with Crippen molar-refractivity contribution in [3.05, 3.63) is 70.8 Å². The van der Waals surface area contributed by atoms with E-state index in [1.807, 2.05) is 72.1 Å². The van der Waals surface area contributed by atoms with Gasteiger partial charge in [-0.2, -0.15) is 5.10 Å². The number of rotatable bonds is 6. The van der Waals surface area contributed by atoms with E-state index in [0.717, 1.165) is 47.3 Å². The van der Waals surface area contributed by atoms with E-state index in [1.165, 1.54) is 0 Å². The highest BCUT2D eigenvalue weighted by molar-refractivity contribution is 9.10. The molecule has 0 bridgehead atoms. The second-order valence-corrected chi connectivity index (χ2v) is 8.93. The van der Waals surface area contributed by atoms with Crippen LogP contribution in [0.5, 0.6) is 5.75 Å². The smallest absolute Gasteiger partial charge is 0.405 e. The SMILES string of the molecule is CCOc1cc(Br)nn2c(-c3ccccc3)c(-c3ccc(C4(NC(=O)O)CCC4)cc3)nc12. The number of hydrogen-bond acceptors (Lipinski definition) is 4. The van der Waals surface area contributed by atoms with E-state index < -0.39 is 11.6 Å². The highest BCUT2D eigenvalue weighted by atomic mass is 79.9. The van der Waals surface area contributed by atoms with E-state index in [-0.39, 0.29) is 0 Å². The molecule has 0 saturated heterocycles. The Morgan fingerprint density at radius 3 is 2.48 bits per heavy atom. The van der Waals surface area contributed by atoms with Crippen LogP contribution in [-0.4, -0.2) is 32.4 Å². The molecule has 1 aliphatic carbocycles. The van der Waals surface area contributed by atoms with Crippen molar-refractivity contribution >= 4 is 27.7 Å². The van der Waals surface area contributed by atoms with Gasteiger partial charge in [0.25, 0.3) is 0 Å². The molecule has 2 heterocycles. The molecule has 0 atom stereocenters. The Kier molecular flexibility index (Phi) is 5.54. The number of benzene rings is 2. The van der Waals surface area contributed by atoms with Crippen molar-refractivity contribution < 1.29 is 14.6 Å². The third-order valence-corrected chi connectivity index (χ3v) is 6.52. The average Bonchev–Trinajstić information content (AvgIpc) is 3.16. The van der Waals surface area contributed by atoms with Gasteiger partial charge in [0, 0.05) is 17.2 Å². The Hall–Kier alpha value is -3.39. The fraction of sp³-hybridized carbons (Fsp3) is 0.240. The van der Waals surface area contributed by atoms with Crippen LogP contribution in [0.1, 0.15) is 31.7 Å². The number of nitrogens with zero attached hydrogens (tertiary/aromatic N) is 3. The summed E-state index contributed by atoms with van der Waals surface area (Å²) in [4.78, 5) is 16.3. The van der Waals surface area contributed by atoms with E-state index in [1.54, 1.807) is 0 Å². The molecule has 8 heteroatoms. The summed E-state index contributed by atoms with van der Waals surface area (Å²) in [6, 6.07) is 19.8. The third kappa shape index (κ3) is 3.84. The van der Waals surface area contributed by atoms with Crippen LogP contribution < -0.4 is 10.1 Å². The van der Waals surface area contributed by atoms with Gasteiger partial charge in [-0.05, 0) is 47.7 Å². The normalized spacial score (nSPS) is 14.6. The zero-order chi connectivity index (χ0) is 23.0. The largest absolute Gasteiger partial charge is 0.490 e. The average molecular weight is 507 g/mol. The molecule has 0 spiro atoms. The number of ether oxygens (including phenoxy) is 1. The molecule has 1 saturated carbocycles. The minimum absolute atomic E-state index is 0.500. The summed E-state index contributed by atoms with van der Waals surface area (Å²) in [5.41, 5.74) is 4.67. The van der Waals surface area contributed by atoms with Gasteiger partial charge in [0.2, 0.25) is 0 Å². The summed E-state index contributed by atoms with van der Waals surface area (Å²) < 4.78 is 8.31. The molecule has 4 aromatic rings. The number of fused-ring (bicyclic) bond motifs is 1. The predicted molar refractivity (Wildman–Crippen MR) is 129 cm³/mol. The van der Waals surface area contributed by atoms with E-state index >= 15 is 0 Å². The highest BCUT2D eigenvalue weighted by Gasteiger charge is 2.40. The van der Waals surface area contributed by atoms with Gasteiger partial charge in [-0.1, -0.05) is 54.6 Å². The number of imidazole rings is 1. The molecule has 7 nitrogen and oxygen atoms in total. The quantitative estimate of drug-likeness (QED) is 0.341. The lowest BCUT2D eigenvalue weighted by Gasteiger charge is -2.42. The molecule has 0 aliphatic heterocycles. The maximum atomic E-state index is 11.3.